The van der Waals surface area contributed by atoms with Gasteiger partial charge in [0.25, 0.3) is 11.8 Å². The van der Waals surface area contributed by atoms with Crippen LogP contribution in [0.25, 0.3) is 0 Å². The predicted octanol–water partition coefficient (Wildman–Crippen LogP) is 2.84. The summed E-state index contributed by atoms with van der Waals surface area (Å²) in [4.78, 5) is 25.8. The molecule has 0 saturated carbocycles. The van der Waals surface area contributed by atoms with Gasteiger partial charge in [-0.05, 0) is 37.3 Å². The highest BCUT2D eigenvalue weighted by molar-refractivity contribution is 7.14. The minimum Gasteiger partial charge on any atom is -0.274 e. The first kappa shape index (κ1) is 18.4. The maximum Gasteiger partial charge on any atom is 0.435 e. The van der Waals surface area contributed by atoms with Crippen LogP contribution in [-0.4, -0.2) is 21.6 Å². The second-order valence-electron chi connectivity index (χ2n) is 6.09. The Kier molecular flexibility index (Phi) is 5.03. The standard InChI is InChI=1S/C16H17F3N4O2S/c1-23-8-10(13(22-23)16(17,18)19)14(24)20-21-15(25)12-7-9-5-3-2-4-6-11(9)26-12/h7-8H,2-6H2,1H3,(H,20,24)(H,21,25). The number of carbonyl (C=O) groups is 2. The summed E-state index contributed by atoms with van der Waals surface area (Å²) in [6.07, 6.45) is 1.34. The lowest BCUT2D eigenvalue weighted by molar-refractivity contribution is -0.141. The zero-order valence-electron chi connectivity index (χ0n) is 13.9. The number of rotatable bonds is 2. The molecule has 2 amide bonds. The van der Waals surface area contributed by atoms with Crippen molar-refractivity contribution in [3.63, 3.8) is 0 Å². The van der Waals surface area contributed by atoms with Crippen molar-refractivity contribution in [1.82, 2.24) is 20.6 Å². The summed E-state index contributed by atoms with van der Waals surface area (Å²) >= 11 is 1.36. The Labute approximate surface area is 151 Å². The molecular formula is C16H17F3N4O2S. The fraction of sp³-hybridized carbons (Fsp3) is 0.438. The van der Waals surface area contributed by atoms with E-state index in [2.05, 4.69) is 10.5 Å². The van der Waals surface area contributed by atoms with Gasteiger partial charge in [0.05, 0.1) is 10.4 Å². The largest absolute Gasteiger partial charge is 0.435 e. The summed E-state index contributed by atoms with van der Waals surface area (Å²) in [6.45, 7) is 0. The van der Waals surface area contributed by atoms with Gasteiger partial charge in [-0.1, -0.05) is 6.42 Å². The van der Waals surface area contributed by atoms with Crippen LogP contribution in [0.3, 0.4) is 0 Å². The number of nitrogens with one attached hydrogen (secondary N) is 2. The van der Waals surface area contributed by atoms with Crippen molar-refractivity contribution in [3.05, 3.63) is 38.8 Å². The molecule has 1 aliphatic carbocycles. The molecule has 0 spiro atoms. The molecule has 1 aliphatic rings. The molecule has 0 fully saturated rings. The third-order valence-corrected chi connectivity index (χ3v) is 5.34. The van der Waals surface area contributed by atoms with Crippen LogP contribution < -0.4 is 10.9 Å². The molecule has 2 N–H and O–H groups in total. The van der Waals surface area contributed by atoms with Crippen molar-refractivity contribution in [2.75, 3.05) is 0 Å². The summed E-state index contributed by atoms with van der Waals surface area (Å²) in [7, 11) is 1.28. The highest BCUT2D eigenvalue weighted by Crippen LogP contribution is 2.31. The van der Waals surface area contributed by atoms with Gasteiger partial charge in [0.15, 0.2) is 5.69 Å². The Hall–Kier alpha value is -2.36. The topological polar surface area (TPSA) is 76.0 Å². The number of nitrogens with zero attached hydrogens (tertiary/aromatic N) is 2. The Morgan fingerprint density at radius 2 is 1.85 bits per heavy atom. The zero-order valence-corrected chi connectivity index (χ0v) is 14.8. The molecule has 2 aromatic rings. The number of halogens is 3. The lowest BCUT2D eigenvalue weighted by Crippen LogP contribution is -2.41. The SMILES string of the molecule is Cn1cc(C(=O)NNC(=O)c2cc3c(s2)CCCCC3)c(C(F)(F)F)n1. The highest BCUT2D eigenvalue weighted by atomic mass is 32.1. The highest BCUT2D eigenvalue weighted by Gasteiger charge is 2.39. The third-order valence-electron chi connectivity index (χ3n) is 4.10. The first-order chi connectivity index (χ1) is 12.3. The van der Waals surface area contributed by atoms with Gasteiger partial charge in [0, 0.05) is 18.1 Å². The van der Waals surface area contributed by atoms with E-state index in [0.717, 1.165) is 53.4 Å². The third kappa shape index (κ3) is 3.90. The molecule has 6 nitrogen and oxygen atoms in total. The van der Waals surface area contributed by atoms with Crippen LogP contribution in [0.2, 0.25) is 0 Å². The summed E-state index contributed by atoms with van der Waals surface area (Å²) in [5, 5.41) is 3.26. The summed E-state index contributed by atoms with van der Waals surface area (Å²) < 4.78 is 39.6. The van der Waals surface area contributed by atoms with Crippen molar-refractivity contribution >= 4 is 23.2 Å². The molecule has 10 heteroatoms. The number of aryl methyl sites for hydroxylation is 3. The van der Waals surface area contributed by atoms with E-state index in [-0.39, 0.29) is 0 Å². The van der Waals surface area contributed by atoms with Crippen molar-refractivity contribution < 1.29 is 22.8 Å². The number of thiophene rings is 1. The van der Waals surface area contributed by atoms with Crippen LogP contribution in [0.5, 0.6) is 0 Å². The van der Waals surface area contributed by atoms with Crippen LogP contribution in [0.1, 0.15) is 55.4 Å². The Morgan fingerprint density at radius 3 is 2.58 bits per heavy atom. The normalized spacial score (nSPS) is 14.5. The van der Waals surface area contributed by atoms with Crippen molar-refractivity contribution in [3.8, 4) is 0 Å². The number of carbonyl (C=O) groups excluding carboxylic acids is 2. The van der Waals surface area contributed by atoms with Crippen molar-refractivity contribution in [1.29, 1.82) is 0 Å². The number of hydrazine groups is 1. The van der Waals surface area contributed by atoms with Gasteiger partial charge >= 0.3 is 6.18 Å². The van der Waals surface area contributed by atoms with E-state index in [1.807, 2.05) is 5.43 Å². The molecule has 0 saturated heterocycles. The van der Waals surface area contributed by atoms with Crippen LogP contribution >= 0.6 is 11.3 Å². The van der Waals surface area contributed by atoms with E-state index in [4.69, 9.17) is 0 Å². The first-order valence-corrected chi connectivity index (χ1v) is 8.90. The number of amides is 2. The van der Waals surface area contributed by atoms with E-state index in [9.17, 15) is 22.8 Å². The van der Waals surface area contributed by atoms with E-state index in [0.29, 0.717) is 4.88 Å². The zero-order chi connectivity index (χ0) is 18.9. The summed E-state index contributed by atoms with van der Waals surface area (Å²) in [5.41, 5.74) is 3.40. The predicted molar refractivity (Wildman–Crippen MR) is 88.7 cm³/mol. The maximum atomic E-state index is 12.9. The average molecular weight is 386 g/mol. The lowest BCUT2D eigenvalue weighted by Gasteiger charge is -2.08. The van der Waals surface area contributed by atoms with Crippen LogP contribution in [-0.2, 0) is 26.1 Å². The molecule has 0 radical (unpaired) electrons. The second kappa shape index (κ2) is 7.10. The minimum absolute atomic E-state index is 0.430. The van der Waals surface area contributed by atoms with Crippen LogP contribution in [0.4, 0.5) is 13.2 Å². The van der Waals surface area contributed by atoms with E-state index in [1.54, 1.807) is 6.07 Å². The molecule has 2 heterocycles. The van der Waals surface area contributed by atoms with Crippen LogP contribution in [0, 0.1) is 0 Å². The molecule has 140 valence electrons. The molecule has 26 heavy (non-hydrogen) atoms. The molecule has 2 aromatic heterocycles. The molecule has 0 aromatic carbocycles. The van der Waals surface area contributed by atoms with Gasteiger partial charge < -0.3 is 0 Å². The maximum absolute atomic E-state index is 12.9. The molecule has 3 rings (SSSR count). The van der Waals surface area contributed by atoms with E-state index in [1.165, 1.54) is 18.4 Å². The summed E-state index contributed by atoms with van der Waals surface area (Å²) in [5.74, 6) is -1.62. The molecular weight excluding hydrogens is 369 g/mol. The van der Waals surface area contributed by atoms with Gasteiger partial charge in [-0.15, -0.1) is 11.3 Å². The lowest BCUT2D eigenvalue weighted by atomic mass is 10.1. The van der Waals surface area contributed by atoms with Crippen molar-refractivity contribution in [2.24, 2.45) is 7.05 Å². The number of hydrogen-bond acceptors (Lipinski definition) is 4. The fourth-order valence-electron chi connectivity index (χ4n) is 2.89. The second-order valence-corrected chi connectivity index (χ2v) is 7.23. The van der Waals surface area contributed by atoms with Gasteiger partial charge in [-0.25, -0.2) is 0 Å². The first-order valence-electron chi connectivity index (χ1n) is 8.09. The quantitative estimate of drug-likeness (QED) is 0.616. The number of fused-ring (bicyclic) bond motifs is 1. The van der Waals surface area contributed by atoms with Gasteiger partial charge in [0.2, 0.25) is 0 Å². The van der Waals surface area contributed by atoms with Crippen molar-refractivity contribution in [2.45, 2.75) is 38.3 Å². The summed E-state index contributed by atoms with van der Waals surface area (Å²) in [6, 6.07) is 1.79. The Morgan fingerprint density at radius 1 is 1.15 bits per heavy atom. The monoisotopic (exact) mass is 386 g/mol. The molecule has 0 bridgehead atoms. The number of hydrogen-bond donors (Lipinski definition) is 2. The van der Waals surface area contributed by atoms with Crippen LogP contribution in [0.15, 0.2) is 12.3 Å². The van der Waals surface area contributed by atoms with Gasteiger partial charge in [-0.2, -0.15) is 18.3 Å². The Balaban J connectivity index is 1.68. The van der Waals surface area contributed by atoms with E-state index < -0.39 is 29.2 Å². The van der Waals surface area contributed by atoms with Gasteiger partial charge in [0.1, 0.15) is 0 Å². The number of aromatic nitrogens is 2. The fourth-order valence-corrected chi connectivity index (χ4v) is 4.03. The average Bonchev–Trinajstić information content (AvgIpc) is 3.10. The molecule has 0 unspecified atom stereocenters. The van der Waals surface area contributed by atoms with E-state index >= 15 is 0 Å². The number of alkyl halides is 3. The van der Waals surface area contributed by atoms with Gasteiger partial charge in [-0.3, -0.25) is 25.1 Å². The Bertz CT molecular complexity index is 818. The molecule has 0 atom stereocenters. The minimum atomic E-state index is -4.76. The molecule has 0 aliphatic heterocycles. The smallest absolute Gasteiger partial charge is 0.274 e.